The van der Waals surface area contributed by atoms with Crippen molar-refractivity contribution < 1.29 is 9.90 Å². The number of carbonyl (C=O) groups is 1. The van der Waals surface area contributed by atoms with Crippen LogP contribution in [0.3, 0.4) is 0 Å². The van der Waals surface area contributed by atoms with Crippen LogP contribution in [-0.2, 0) is 4.79 Å². The normalized spacial score (nSPS) is 36.1. The van der Waals surface area contributed by atoms with E-state index >= 15 is 0 Å². The van der Waals surface area contributed by atoms with Gasteiger partial charge in [0.1, 0.15) is 6.61 Å². The van der Waals surface area contributed by atoms with Crippen molar-refractivity contribution in [1.29, 1.82) is 0 Å². The fourth-order valence-corrected chi connectivity index (χ4v) is 4.40. The third-order valence-electron chi connectivity index (χ3n) is 6.21. The smallest absolute Gasteiger partial charge is 0.158 e. The summed E-state index contributed by atoms with van der Waals surface area (Å²) < 4.78 is 0. The van der Waals surface area contributed by atoms with Gasteiger partial charge in [-0.1, -0.05) is 39.3 Å². The number of hydrogen-bond donors (Lipinski definition) is 1. The molecule has 0 amide bonds. The minimum Gasteiger partial charge on any atom is -0.389 e. The largest absolute Gasteiger partial charge is 0.389 e. The number of aliphatic hydroxyl groups excluding tert-OH is 1. The molecule has 0 aromatic carbocycles. The van der Waals surface area contributed by atoms with Gasteiger partial charge in [-0.3, -0.25) is 4.79 Å². The molecule has 1 saturated carbocycles. The Hall–Kier alpha value is -0.630. The molecule has 0 aliphatic heterocycles. The van der Waals surface area contributed by atoms with Crippen molar-refractivity contribution in [1.82, 2.24) is 0 Å². The number of Topliss-reactive ketones (excluding diaryl/α,β-unsaturated/α-hetero) is 1. The van der Waals surface area contributed by atoms with E-state index in [9.17, 15) is 4.79 Å². The quantitative estimate of drug-likeness (QED) is 0.785. The van der Waals surface area contributed by atoms with Crippen LogP contribution in [0.5, 0.6) is 0 Å². The lowest BCUT2D eigenvalue weighted by atomic mass is 9.52. The SMILES string of the molecule is C[C@@H]1CC[C@H]2C(=CCCC2(C)C)[C@@]1(C)CCC(=O)CO. The molecule has 2 rings (SSSR count). The molecule has 3 atom stereocenters. The fraction of sp³-hybridized carbons (Fsp3) is 0.833. The van der Waals surface area contributed by atoms with Crippen LogP contribution in [0.15, 0.2) is 11.6 Å². The van der Waals surface area contributed by atoms with Crippen LogP contribution in [-0.4, -0.2) is 17.5 Å². The number of carbonyl (C=O) groups excluding carboxylic acids is 1. The third-order valence-corrected chi connectivity index (χ3v) is 6.21. The van der Waals surface area contributed by atoms with Gasteiger partial charge in [0.25, 0.3) is 0 Å². The minimum atomic E-state index is -0.307. The van der Waals surface area contributed by atoms with E-state index in [1.54, 1.807) is 5.57 Å². The molecule has 2 nitrogen and oxygen atoms in total. The lowest BCUT2D eigenvalue weighted by Gasteiger charge is -2.53. The van der Waals surface area contributed by atoms with Crippen LogP contribution >= 0.6 is 0 Å². The topological polar surface area (TPSA) is 37.3 Å². The maximum Gasteiger partial charge on any atom is 0.158 e. The van der Waals surface area contributed by atoms with Crippen molar-refractivity contribution >= 4 is 5.78 Å². The van der Waals surface area contributed by atoms with E-state index in [-0.39, 0.29) is 17.8 Å². The number of ketones is 1. The highest BCUT2D eigenvalue weighted by Crippen LogP contribution is 2.57. The molecule has 0 heterocycles. The van der Waals surface area contributed by atoms with Crippen molar-refractivity contribution in [3.05, 3.63) is 11.6 Å². The molecule has 114 valence electrons. The molecule has 0 unspecified atom stereocenters. The van der Waals surface area contributed by atoms with Gasteiger partial charge in [-0.05, 0) is 54.8 Å². The molecular weight excluding hydrogens is 248 g/mol. The zero-order chi connectivity index (χ0) is 15.0. The third kappa shape index (κ3) is 2.72. The summed E-state index contributed by atoms with van der Waals surface area (Å²) in [6.45, 7) is 9.18. The van der Waals surface area contributed by atoms with Crippen molar-refractivity contribution in [2.45, 2.75) is 66.2 Å². The number of hydrogen-bond acceptors (Lipinski definition) is 2. The summed E-state index contributed by atoms with van der Waals surface area (Å²) in [6.07, 6.45) is 8.89. The lowest BCUT2D eigenvalue weighted by molar-refractivity contribution is -0.122. The predicted octanol–water partition coefficient (Wildman–Crippen LogP) is 4.13. The summed E-state index contributed by atoms with van der Waals surface area (Å²) >= 11 is 0. The summed E-state index contributed by atoms with van der Waals surface area (Å²) in [6, 6.07) is 0. The van der Waals surface area contributed by atoms with Gasteiger partial charge in [-0.15, -0.1) is 0 Å². The molecule has 0 spiro atoms. The van der Waals surface area contributed by atoms with Gasteiger partial charge in [-0.2, -0.15) is 0 Å². The monoisotopic (exact) mass is 278 g/mol. The summed E-state index contributed by atoms with van der Waals surface area (Å²) in [5.41, 5.74) is 2.15. The number of allylic oxidation sites excluding steroid dienone is 2. The molecule has 0 aromatic rings. The molecule has 0 aromatic heterocycles. The van der Waals surface area contributed by atoms with Crippen LogP contribution in [0.2, 0.25) is 0 Å². The summed E-state index contributed by atoms with van der Waals surface area (Å²) in [7, 11) is 0. The first kappa shape index (κ1) is 15.8. The Balaban J connectivity index is 2.24. The molecule has 0 radical (unpaired) electrons. The highest BCUT2D eigenvalue weighted by Gasteiger charge is 2.47. The average molecular weight is 278 g/mol. The van der Waals surface area contributed by atoms with Gasteiger partial charge < -0.3 is 5.11 Å². The second kappa shape index (κ2) is 5.63. The first-order valence-corrected chi connectivity index (χ1v) is 8.14. The molecule has 1 N–H and O–H groups in total. The summed E-state index contributed by atoms with van der Waals surface area (Å²) in [5.74, 6) is 1.29. The Morgan fingerprint density at radius 3 is 2.70 bits per heavy atom. The second-order valence-electron chi connectivity index (χ2n) is 7.83. The summed E-state index contributed by atoms with van der Waals surface area (Å²) in [4.78, 5) is 11.5. The Morgan fingerprint density at radius 1 is 1.35 bits per heavy atom. The van der Waals surface area contributed by atoms with E-state index in [0.29, 0.717) is 23.7 Å². The van der Waals surface area contributed by atoms with Crippen LogP contribution < -0.4 is 0 Å². The zero-order valence-electron chi connectivity index (χ0n) is 13.5. The molecule has 20 heavy (non-hydrogen) atoms. The van der Waals surface area contributed by atoms with E-state index in [4.69, 9.17) is 5.11 Å². The highest BCUT2D eigenvalue weighted by molar-refractivity contribution is 5.79. The first-order chi connectivity index (χ1) is 9.31. The van der Waals surface area contributed by atoms with Gasteiger partial charge in [-0.25, -0.2) is 0 Å². The molecule has 2 aliphatic carbocycles. The van der Waals surface area contributed by atoms with Crippen molar-refractivity contribution in [2.24, 2.45) is 22.7 Å². The molecule has 0 bridgehead atoms. The van der Waals surface area contributed by atoms with E-state index in [1.807, 2.05) is 0 Å². The summed E-state index contributed by atoms with van der Waals surface area (Å²) in [5, 5.41) is 8.97. The second-order valence-corrected chi connectivity index (χ2v) is 7.83. The number of rotatable bonds is 4. The number of aliphatic hydroxyl groups is 1. The van der Waals surface area contributed by atoms with Crippen molar-refractivity contribution in [2.75, 3.05) is 6.61 Å². The van der Waals surface area contributed by atoms with Crippen LogP contribution in [0.25, 0.3) is 0 Å². The van der Waals surface area contributed by atoms with Crippen molar-refractivity contribution in [3.8, 4) is 0 Å². The first-order valence-electron chi connectivity index (χ1n) is 8.14. The Bertz CT molecular complexity index is 408. The number of fused-ring (bicyclic) bond motifs is 1. The van der Waals surface area contributed by atoms with Crippen LogP contribution in [0, 0.1) is 22.7 Å². The van der Waals surface area contributed by atoms with E-state index in [2.05, 4.69) is 33.8 Å². The molecule has 0 saturated heterocycles. The van der Waals surface area contributed by atoms with Gasteiger partial charge in [0.15, 0.2) is 5.78 Å². The molecule has 2 aliphatic rings. The van der Waals surface area contributed by atoms with Crippen LogP contribution in [0.4, 0.5) is 0 Å². The van der Waals surface area contributed by atoms with E-state index < -0.39 is 0 Å². The Labute approximate surface area is 123 Å². The van der Waals surface area contributed by atoms with E-state index in [0.717, 1.165) is 6.42 Å². The Morgan fingerprint density at radius 2 is 2.05 bits per heavy atom. The van der Waals surface area contributed by atoms with Gasteiger partial charge in [0.05, 0.1) is 0 Å². The zero-order valence-corrected chi connectivity index (χ0v) is 13.5. The van der Waals surface area contributed by atoms with E-state index in [1.165, 1.54) is 25.7 Å². The molecule has 1 fully saturated rings. The maximum atomic E-state index is 11.5. The van der Waals surface area contributed by atoms with Crippen LogP contribution in [0.1, 0.15) is 66.2 Å². The van der Waals surface area contributed by atoms with Gasteiger partial charge in [0.2, 0.25) is 0 Å². The van der Waals surface area contributed by atoms with Crippen molar-refractivity contribution in [3.63, 3.8) is 0 Å². The highest BCUT2D eigenvalue weighted by atomic mass is 16.3. The lowest BCUT2D eigenvalue weighted by Crippen LogP contribution is -2.43. The molecule has 2 heteroatoms. The van der Waals surface area contributed by atoms with Gasteiger partial charge in [0, 0.05) is 6.42 Å². The van der Waals surface area contributed by atoms with Gasteiger partial charge >= 0.3 is 0 Å². The maximum absolute atomic E-state index is 11.5. The molecular formula is C18H30O2. The minimum absolute atomic E-state index is 0.0174. The standard InChI is InChI=1S/C18H30O2/c1-13-7-8-15-16(6-5-10-17(15,2)3)18(13,4)11-9-14(20)12-19/h6,13,15,19H,5,7-12H2,1-4H3/t13-,15+,18+/m1/s1. The fourth-order valence-electron chi connectivity index (χ4n) is 4.40. The predicted molar refractivity (Wildman–Crippen MR) is 82.4 cm³/mol. The Kier molecular flexibility index (Phi) is 4.44. The average Bonchev–Trinajstić information content (AvgIpc) is 2.40.